The van der Waals surface area contributed by atoms with Crippen molar-refractivity contribution in [3.8, 4) is 5.75 Å². The van der Waals surface area contributed by atoms with Gasteiger partial charge in [0.15, 0.2) is 6.04 Å². The van der Waals surface area contributed by atoms with Gasteiger partial charge in [-0.25, -0.2) is 0 Å². The topological polar surface area (TPSA) is 37.2 Å². The summed E-state index contributed by atoms with van der Waals surface area (Å²) in [5, 5.41) is 0. The molecule has 1 N–H and O–H groups in total. The highest BCUT2D eigenvalue weighted by molar-refractivity contribution is 5.81. The third kappa shape index (κ3) is 5.14. The van der Waals surface area contributed by atoms with Gasteiger partial charge in [-0.05, 0) is 45.4 Å². The van der Waals surface area contributed by atoms with E-state index in [1.54, 1.807) is 7.11 Å². The van der Waals surface area contributed by atoms with Gasteiger partial charge in [0.1, 0.15) is 5.75 Å². The molecule has 0 spiro atoms. The summed E-state index contributed by atoms with van der Waals surface area (Å²) in [5.74, 6) is 1.14. The molecule has 30 heavy (non-hydrogen) atoms. The van der Waals surface area contributed by atoms with Crippen LogP contribution in [0.3, 0.4) is 0 Å². The number of rotatable bonds is 6. The maximum Gasteiger partial charge on any atom is 0.281 e. The first-order chi connectivity index (χ1) is 14.3. The summed E-state index contributed by atoms with van der Waals surface area (Å²) in [4.78, 5) is 19.3. The van der Waals surface area contributed by atoms with E-state index in [0.717, 1.165) is 37.6 Å². The van der Waals surface area contributed by atoms with E-state index < -0.39 is 0 Å². The van der Waals surface area contributed by atoms with Gasteiger partial charge in [-0.2, -0.15) is 0 Å². The number of anilines is 1. The summed E-state index contributed by atoms with van der Waals surface area (Å²) in [6.07, 6.45) is 0. The molecule has 0 aliphatic carbocycles. The number of methoxy groups -OCH3 is 1. The summed E-state index contributed by atoms with van der Waals surface area (Å²) in [7, 11) is 1.72. The summed E-state index contributed by atoms with van der Waals surface area (Å²) < 4.78 is 5.53. The summed E-state index contributed by atoms with van der Waals surface area (Å²) in [6, 6.07) is 18.4. The number of piperazine rings is 1. The Labute approximate surface area is 181 Å². The lowest BCUT2D eigenvalue weighted by molar-refractivity contribution is -0.915. The summed E-state index contributed by atoms with van der Waals surface area (Å²) in [6.45, 7) is 12.8. The smallest absolute Gasteiger partial charge is 0.281 e. The van der Waals surface area contributed by atoms with Crippen LogP contribution in [0.25, 0.3) is 0 Å². The quantitative estimate of drug-likeness (QED) is 0.796. The Hall–Kier alpha value is -2.53. The Balaban J connectivity index is 1.66. The average Bonchev–Trinajstić information content (AvgIpc) is 2.76. The highest BCUT2D eigenvalue weighted by Crippen LogP contribution is 2.27. The van der Waals surface area contributed by atoms with E-state index in [0.29, 0.717) is 6.54 Å². The SMILES string of the molecule is COc1ccccc1N1CC[NH+]([C@H](C)C(=O)N(Cc2ccccc2)C(C)(C)C)CC1. The van der Waals surface area contributed by atoms with Crippen LogP contribution in [0.5, 0.6) is 5.75 Å². The van der Waals surface area contributed by atoms with Crippen LogP contribution in [0.1, 0.15) is 33.3 Å². The molecule has 5 heteroatoms. The molecule has 0 bridgehead atoms. The van der Waals surface area contributed by atoms with E-state index in [2.05, 4.69) is 50.8 Å². The number of nitrogens with zero attached hydrogens (tertiary/aromatic N) is 2. The molecule has 2 aromatic rings. The second-order valence-electron chi connectivity index (χ2n) is 9.12. The van der Waals surface area contributed by atoms with Gasteiger partial charge in [-0.1, -0.05) is 42.5 Å². The number of benzene rings is 2. The van der Waals surface area contributed by atoms with Gasteiger partial charge >= 0.3 is 0 Å². The van der Waals surface area contributed by atoms with Gasteiger partial charge in [-0.3, -0.25) is 4.79 Å². The minimum absolute atomic E-state index is 0.0623. The number of quaternary nitrogens is 1. The highest BCUT2D eigenvalue weighted by Gasteiger charge is 2.36. The monoisotopic (exact) mass is 410 g/mol. The van der Waals surface area contributed by atoms with Crippen LogP contribution in [0.2, 0.25) is 0 Å². The van der Waals surface area contributed by atoms with Crippen LogP contribution in [-0.4, -0.2) is 55.7 Å². The molecule has 0 aromatic heterocycles. The highest BCUT2D eigenvalue weighted by atomic mass is 16.5. The number of carbonyl (C=O) groups excluding carboxylic acids is 1. The molecule has 0 saturated carbocycles. The minimum Gasteiger partial charge on any atom is -0.495 e. The van der Waals surface area contributed by atoms with Crippen molar-refractivity contribution in [3.63, 3.8) is 0 Å². The van der Waals surface area contributed by atoms with Crippen molar-refractivity contribution >= 4 is 11.6 Å². The van der Waals surface area contributed by atoms with E-state index >= 15 is 0 Å². The zero-order valence-electron chi connectivity index (χ0n) is 19.0. The Morgan fingerprint density at radius 1 is 1.07 bits per heavy atom. The first-order valence-corrected chi connectivity index (χ1v) is 10.9. The number of nitrogens with one attached hydrogen (secondary N) is 1. The fraction of sp³-hybridized carbons (Fsp3) is 0.480. The molecule has 5 nitrogen and oxygen atoms in total. The first kappa shape index (κ1) is 22.2. The Morgan fingerprint density at radius 2 is 1.67 bits per heavy atom. The maximum absolute atomic E-state index is 13.5. The zero-order valence-corrected chi connectivity index (χ0v) is 19.0. The Bertz CT molecular complexity index is 824. The van der Waals surface area contributed by atoms with Gasteiger partial charge in [0.2, 0.25) is 0 Å². The average molecular weight is 411 g/mol. The molecule has 1 saturated heterocycles. The lowest BCUT2D eigenvalue weighted by Crippen LogP contribution is -3.19. The third-order valence-corrected chi connectivity index (χ3v) is 6.07. The fourth-order valence-corrected chi connectivity index (χ4v) is 4.18. The van der Waals surface area contributed by atoms with Gasteiger partial charge in [0.05, 0.1) is 39.0 Å². The molecule has 1 amide bonds. The van der Waals surface area contributed by atoms with Crippen LogP contribution >= 0.6 is 0 Å². The second-order valence-corrected chi connectivity index (χ2v) is 9.12. The minimum atomic E-state index is -0.222. The summed E-state index contributed by atoms with van der Waals surface area (Å²) in [5.41, 5.74) is 2.09. The van der Waals surface area contributed by atoms with Crippen LogP contribution in [0.4, 0.5) is 5.69 Å². The Morgan fingerprint density at radius 3 is 2.27 bits per heavy atom. The molecule has 162 valence electrons. The van der Waals surface area contributed by atoms with Crippen molar-refractivity contribution < 1.29 is 14.4 Å². The van der Waals surface area contributed by atoms with E-state index in [1.807, 2.05) is 41.3 Å². The Kier molecular flexibility index (Phi) is 7.03. The first-order valence-electron chi connectivity index (χ1n) is 10.9. The molecule has 1 heterocycles. The second kappa shape index (κ2) is 9.52. The van der Waals surface area contributed by atoms with E-state index in [-0.39, 0.29) is 17.5 Å². The fourth-order valence-electron chi connectivity index (χ4n) is 4.18. The van der Waals surface area contributed by atoms with Gasteiger partial charge in [0.25, 0.3) is 5.91 Å². The van der Waals surface area contributed by atoms with Gasteiger partial charge in [-0.15, -0.1) is 0 Å². The zero-order chi connectivity index (χ0) is 21.7. The van der Waals surface area contributed by atoms with E-state index in [4.69, 9.17) is 4.74 Å². The van der Waals surface area contributed by atoms with Crippen molar-refractivity contribution in [2.24, 2.45) is 0 Å². The van der Waals surface area contributed by atoms with Gasteiger partial charge in [0, 0.05) is 12.1 Å². The van der Waals surface area contributed by atoms with Gasteiger partial charge < -0.3 is 19.4 Å². The normalized spacial score (nSPS) is 16.2. The predicted octanol–water partition coefficient (Wildman–Crippen LogP) is 2.62. The molecule has 2 aromatic carbocycles. The van der Waals surface area contributed by atoms with E-state index in [1.165, 1.54) is 10.5 Å². The molecule has 1 fully saturated rings. The lowest BCUT2D eigenvalue weighted by atomic mass is 10.0. The van der Waals surface area contributed by atoms with Crippen molar-refractivity contribution in [3.05, 3.63) is 60.2 Å². The molecular weight excluding hydrogens is 374 g/mol. The number of ether oxygens (including phenoxy) is 1. The van der Waals surface area contributed by atoms with Crippen LogP contribution in [0.15, 0.2) is 54.6 Å². The van der Waals surface area contributed by atoms with Crippen molar-refractivity contribution in [2.45, 2.75) is 45.8 Å². The number of hydrogen-bond donors (Lipinski definition) is 1. The largest absolute Gasteiger partial charge is 0.495 e. The molecule has 1 atom stereocenters. The number of hydrogen-bond acceptors (Lipinski definition) is 3. The summed E-state index contributed by atoms with van der Waals surface area (Å²) >= 11 is 0. The lowest BCUT2D eigenvalue weighted by Gasteiger charge is -2.41. The maximum atomic E-state index is 13.5. The molecule has 3 rings (SSSR count). The predicted molar refractivity (Wildman–Crippen MR) is 122 cm³/mol. The number of para-hydroxylation sites is 2. The molecule has 0 radical (unpaired) electrons. The molecule has 0 unspecified atom stereocenters. The van der Waals surface area contributed by atoms with E-state index in [9.17, 15) is 4.79 Å². The number of amides is 1. The van der Waals surface area contributed by atoms with Crippen molar-refractivity contribution in [1.82, 2.24) is 4.90 Å². The molecule has 1 aliphatic rings. The third-order valence-electron chi connectivity index (χ3n) is 6.07. The standard InChI is InChI=1S/C25H35N3O2/c1-20(24(29)28(25(2,3)4)19-21-11-7-6-8-12-21)26-15-17-27(18-16-26)22-13-9-10-14-23(22)30-5/h6-14,20H,15-19H2,1-5H3/p+1/t20-/m1/s1. The number of carbonyl (C=O) groups is 1. The van der Waals surface area contributed by atoms with Crippen LogP contribution in [-0.2, 0) is 11.3 Å². The molecular formula is C25H36N3O2+. The van der Waals surface area contributed by atoms with Crippen LogP contribution < -0.4 is 14.5 Å². The van der Waals surface area contributed by atoms with Crippen molar-refractivity contribution in [2.75, 3.05) is 38.2 Å². The molecule has 1 aliphatic heterocycles. The van der Waals surface area contributed by atoms with Crippen molar-refractivity contribution in [1.29, 1.82) is 0 Å². The van der Waals surface area contributed by atoms with Crippen LogP contribution in [0, 0.1) is 0 Å².